The molecule has 0 heterocycles. The number of benzene rings is 1. The van der Waals surface area contributed by atoms with E-state index in [0.29, 0.717) is 0 Å². The molecule has 0 atom stereocenters. The van der Waals surface area contributed by atoms with Crippen LogP contribution in [-0.2, 0) is 0 Å². The van der Waals surface area contributed by atoms with Gasteiger partial charge in [-0.15, -0.1) is 33.2 Å². The van der Waals surface area contributed by atoms with E-state index in [0.717, 1.165) is 16.3 Å². The maximum Gasteiger partial charge on any atom is 0.372 e. The Hall–Kier alpha value is 0.0469. The second kappa shape index (κ2) is 4.05. The van der Waals surface area contributed by atoms with Crippen molar-refractivity contribution in [3.05, 3.63) is 36.4 Å². The summed E-state index contributed by atoms with van der Waals surface area (Å²) in [5.74, 6) is 0. The van der Waals surface area contributed by atoms with E-state index in [4.69, 9.17) is 33.2 Å². The Morgan fingerprint density at radius 3 is 1.92 bits per heavy atom. The van der Waals surface area contributed by atoms with Crippen LogP contribution >= 0.6 is 33.2 Å². The highest BCUT2D eigenvalue weighted by atomic mass is 35.8. The van der Waals surface area contributed by atoms with Gasteiger partial charge in [-0.3, -0.25) is 0 Å². The quantitative estimate of drug-likeness (QED) is 0.557. The summed E-state index contributed by atoms with van der Waals surface area (Å²) in [5.41, 5.74) is 2.09. The number of hydrogen-bond donors (Lipinski definition) is 0. The van der Waals surface area contributed by atoms with Gasteiger partial charge in [-0.2, -0.15) is 0 Å². The third kappa shape index (κ3) is 3.03. The number of hydrogen-bond acceptors (Lipinski definition) is 0. The first-order valence-electron chi connectivity index (χ1n) is 3.74. The van der Waals surface area contributed by atoms with Gasteiger partial charge < -0.3 is 0 Å². The predicted molar refractivity (Wildman–Crippen MR) is 64.1 cm³/mol. The fourth-order valence-electron chi connectivity index (χ4n) is 0.944. The molecule has 4 heteroatoms. The summed E-state index contributed by atoms with van der Waals surface area (Å²) in [6, 6.07) is 4.84. The summed E-state index contributed by atoms with van der Waals surface area (Å²) >= 11 is 17.5. The fraction of sp³-hybridized carbons (Fsp3) is 0.111. The molecule has 0 aliphatic rings. The van der Waals surface area contributed by atoms with Gasteiger partial charge in [-0.05, 0) is 17.7 Å². The lowest BCUT2D eigenvalue weighted by atomic mass is 10.1. The Balaban J connectivity index is 3.01. The van der Waals surface area contributed by atoms with Crippen molar-refractivity contribution in [3.8, 4) is 0 Å². The molecule has 70 valence electrons. The summed E-state index contributed by atoms with van der Waals surface area (Å²) in [7, 11) is 0. The molecule has 0 spiro atoms. The second-order valence-corrected chi connectivity index (χ2v) is 11.3. The maximum atomic E-state index is 5.84. The molecule has 1 rings (SSSR count). The molecule has 0 unspecified atom stereocenters. The van der Waals surface area contributed by atoms with E-state index in [9.17, 15) is 0 Å². The zero-order valence-corrected chi connectivity index (χ0v) is 10.4. The molecule has 0 amide bonds. The average molecular weight is 252 g/mol. The van der Waals surface area contributed by atoms with E-state index >= 15 is 0 Å². The van der Waals surface area contributed by atoms with Crippen LogP contribution in [-0.4, -0.2) is 6.00 Å². The molecule has 13 heavy (non-hydrogen) atoms. The lowest BCUT2D eigenvalue weighted by Gasteiger charge is -2.08. The van der Waals surface area contributed by atoms with Crippen LogP contribution in [0, 0.1) is 0 Å². The highest BCUT2D eigenvalue weighted by Gasteiger charge is 2.27. The molecule has 0 saturated carbocycles. The van der Waals surface area contributed by atoms with Gasteiger partial charge in [0.15, 0.2) is 0 Å². The molecule has 0 aliphatic heterocycles. The zero-order chi connectivity index (χ0) is 10.1. The fourth-order valence-corrected chi connectivity index (χ4v) is 2.62. The standard InChI is InChI=1S/C9H9Cl3Si/c1-7(2)8-3-5-9(6-4-8)13(10,11)12/h3-6H,1H2,2H3. The molecule has 0 nitrogen and oxygen atoms in total. The molecule has 0 radical (unpaired) electrons. The Morgan fingerprint density at radius 1 is 1.15 bits per heavy atom. The van der Waals surface area contributed by atoms with E-state index in [1.165, 1.54) is 0 Å². The van der Waals surface area contributed by atoms with Crippen LogP contribution in [0.4, 0.5) is 0 Å². The zero-order valence-electron chi connectivity index (χ0n) is 7.15. The summed E-state index contributed by atoms with van der Waals surface area (Å²) in [6.07, 6.45) is 0. The largest absolute Gasteiger partial charge is 0.372 e. The van der Waals surface area contributed by atoms with E-state index in [1.54, 1.807) is 0 Å². The first-order valence-corrected chi connectivity index (χ1v) is 8.78. The summed E-state index contributed by atoms with van der Waals surface area (Å²) in [5, 5.41) is 0.808. The van der Waals surface area contributed by atoms with Crippen molar-refractivity contribution in [2.45, 2.75) is 6.92 Å². The molecule has 0 N–H and O–H groups in total. The van der Waals surface area contributed by atoms with Crippen LogP contribution in [0.3, 0.4) is 0 Å². The summed E-state index contributed by atoms with van der Waals surface area (Å²) < 4.78 is 0. The van der Waals surface area contributed by atoms with Gasteiger partial charge in [0.25, 0.3) is 0 Å². The Bertz CT molecular complexity index is 311. The Kier molecular flexibility index (Phi) is 3.47. The van der Waals surface area contributed by atoms with E-state index in [-0.39, 0.29) is 0 Å². The van der Waals surface area contributed by atoms with Gasteiger partial charge >= 0.3 is 6.00 Å². The lowest BCUT2D eigenvalue weighted by molar-refractivity contribution is 1.60. The molecule has 0 fully saturated rings. The minimum atomic E-state index is -2.70. The van der Waals surface area contributed by atoms with Gasteiger partial charge in [-0.1, -0.05) is 36.4 Å². The highest BCUT2D eigenvalue weighted by molar-refractivity contribution is 7.69. The van der Waals surface area contributed by atoms with Gasteiger partial charge in [0.05, 0.1) is 0 Å². The second-order valence-electron chi connectivity index (χ2n) is 2.86. The SMILES string of the molecule is C=C(C)c1ccc([Si](Cl)(Cl)Cl)cc1. The molecule has 0 saturated heterocycles. The first kappa shape index (κ1) is 11.1. The summed E-state index contributed by atoms with van der Waals surface area (Å²) in [4.78, 5) is 0. The van der Waals surface area contributed by atoms with Crippen molar-refractivity contribution >= 4 is 50.0 Å². The smallest absolute Gasteiger partial charge is 0.121 e. The van der Waals surface area contributed by atoms with Crippen LogP contribution in [0.15, 0.2) is 30.8 Å². The van der Waals surface area contributed by atoms with Crippen LogP contribution < -0.4 is 5.19 Å². The van der Waals surface area contributed by atoms with Gasteiger partial charge in [0, 0.05) is 0 Å². The van der Waals surface area contributed by atoms with Crippen molar-refractivity contribution in [3.63, 3.8) is 0 Å². The molecule has 1 aromatic rings. The lowest BCUT2D eigenvalue weighted by Crippen LogP contribution is -2.29. The number of allylic oxidation sites excluding steroid dienone is 1. The Morgan fingerprint density at radius 2 is 1.62 bits per heavy atom. The van der Waals surface area contributed by atoms with Crippen molar-refractivity contribution in [2.24, 2.45) is 0 Å². The topological polar surface area (TPSA) is 0 Å². The third-order valence-electron chi connectivity index (χ3n) is 1.71. The molecule has 1 aromatic carbocycles. The van der Waals surface area contributed by atoms with Crippen molar-refractivity contribution in [2.75, 3.05) is 0 Å². The van der Waals surface area contributed by atoms with E-state index in [1.807, 2.05) is 31.2 Å². The highest BCUT2D eigenvalue weighted by Crippen LogP contribution is 2.20. The molecular formula is C9H9Cl3Si. The van der Waals surface area contributed by atoms with Crippen molar-refractivity contribution in [1.82, 2.24) is 0 Å². The van der Waals surface area contributed by atoms with Crippen molar-refractivity contribution < 1.29 is 0 Å². The molecular weight excluding hydrogens is 243 g/mol. The van der Waals surface area contributed by atoms with Gasteiger partial charge in [0.1, 0.15) is 0 Å². The summed E-state index contributed by atoms with van der Waals surface area (Å²) in [6.45, 7) is 5.78. The predicted octanol–water partition coefficient (Wildman–Crippen LogP) is 3.58. The van der Waals surface area contributed by atoms with Crippen LogP contribution in [0.2, 0.25) is 0 Å². The molecule has 0 bridgehead atoms. The first-order chi connectivity index (χ1) is 5.91. The Labute approximate surface area is 93.2 Å². The number of rotatable bonds is 2. The van der Waals surface area contributed by atoms with Gasteiger partial charge in [0.2, 0.25) is 0 Å². The minimum Gasteiger partial charge on any atom is -0.121 e. The minimum absolute atomic E-state index is 0.808. The maximum absolute atomic E-state index is 5.84. The average Bonchev–Trinajstić information content (AvgIpc) is 2.03. The normalized spacial score (nSPS) is 11.4. The number of halogens is 3. The van der Waals surface area contributed by atoms with E-state index < -0.39 is 6.00 Å². The van der Waals surface area contributed by atoms with Crippen LogP contribution in [0.25, 0.3) is 5.57 Å². The molecule has 0 aromatic heterocycles. The van der Waals surface area contributed by atoms with Crippen LogP contribution in [0.1, 0.15) is 12.5 Å². The van der Waals surface area contributed by atoms with E-state index in [2.05, 4.69) is 6.58 Å². The monoisotopic (exact) mass is 250 g/mol. The van der Waals surface area contributed by atoms with Crippen molar-refractivity contribution in [1.29, 1.82) is 0 Å². The molecule has 0 aliphatic carbocycles. The van der Waals surface area contributed by atoms with Gasteiger partial charge in [-0.25, -0.2) is 0 Å². The van der Waals surface area contributed by atoms with Crippen LogP contribution in [0.5, 0.6) is 0 Å². The third-order valence-corrected chi connectivity index (χ3v) is 4.66.